The van der Waals surface area contributed by atoms with Gasteiger partial charge < -0.3 is 15.0 Å². The maximum atomic E-state index is 12.8. The second-order valence-electron chi connectivity index (χ2n) is 8.01. The molecule has 0 spiro atoms. The highest BCUT2D eigenvalue weighted by Crippen LogP contribution is 2.29. The van der Waals surface area contributed by atoms with Crippen molar-refractivity contribution in [3.05, 3.63) is 35.0 Å². The summed E-state index contributed by atoms with van der Waals surface area (Å²) in [6, 6.07) is 3.83. The second kappa shape index (κ2) is 8.41. The fraction of sp³-hybridized carbons (Fsp3) is 0.571. The zero-order chi connectivity index (χ0) is 20.4. The monoisotopic (exact) mass is 396 g/mol. The van der Waals surface area contributed by atoms with Crippen molar-refractivity contribution in [1.29, 1.82) is 0 Å². The molecule has 0 unspecified atom stereocenters. The first-order chi connectivity index (χ1) is 14.0. The molecule has 1 amide bonds. The molecule has 0 aromatic carbocycles. The zero-order valence-corrected chi connectivity index (χ0v) is 17.3. The fourth-order valence-corrected chi connectivity index (χ4v) is 4.11. The summed E-state index contributed by atoms with van der Waals surface area (Å²) in [5.74, 6) is 2.50. The Kier molecular flexibility index (Phi) is 5.71. The van der Waals surface area contributed by atoms with E-state index in [1.807, 2.05) is 37.8 Å². The van der Waals surface area contributed by atoms with E-state index in [-0.39, 0.29) is 17.7 Å². The third kappa shape index (κ3) is 4.70. The Bertz CT molecular complexity index is 876. The molecule has 1 atom stereocenters. The molecule has 4 heterocycles. The first-order valence-electron chi connectivity index (χ1n) is 10.3. The zero-order valence-electron chi connectivity index (χ0n) is 17.3. The predicted molar refractivity (Wildman–Crippen MR) is 109 cm³/mol. The quantitative estimate of drug-likeness (QED) is 0.849. The first-order valence-corrected chi connectivity index (χ1v) is 10.3. The molecule has 0 radical (unpaired) electrons. The van der Waals surface area contributed by atoms with Crippen LogP contribution in [-0.4, -0.2) is 57.0 Å². The molecule has 2 fully saturated rings. The number of carbonyl (C=O) groups excluding carboxylic acids is 1. The van der Waals surface area contributed by atoms with Gasteiger partial charge in [0.1, 0.15) is 11.6 Å². The van der Waals surface area contributed by atoms with Crippen molar-refractivity contribution in [2.24, 2.45) is 5.92 Å². The first kappa shape index (κ1) is 19.7. The number of ether oxygens (including phenoxy) is 1. The topological polar surface area (TPSA) is 93.1 Å². The van der Waals surface area contributed by atoms with E-state index >= 15 is 0 Å². The van der Waals surface area contributed by atoms with E-state index in [2.05, 4.69) is 20.3 Å². The van der Waals surface area contributed by atoms with Crippen LogP contribution < -0.4 is 5.32 Å². The molecule has 8 heteroatoms. The number of likely N-dealkylation sites (tertiary alicyclic amines) is 1. The van der Waals surface area contributed by atoms with E-state index in [1.54, 1.807) is 0 Å². The summed E-state index contributed by atoms with van der Waals surface area (Å²) in [7, 11) is 0. The minimum Gasteiger partial charge on any atom is -0.381 e. The molecule has 1 N–H and O–H groups in total. The number of carbonyl (C=O) groups is 1. The van der Waals surface area contributed by atoms with E-state index in [9.17, 15) is 4.79 Å². The summed E-state index contributed by atoms with van der Waals surface area (Å²) < 4.78 is 5.38. The number of aromatic nitrogens is 4. The van der Waals surface area contributed by atoms with Crippen LogP contribution in [0.5, 0.6) is 0 Å². The highest BCUT2D eigenvalue weighted by molar-refractivity contribution is 5.79. The highest BCUT2D eigenvalue weighted by Gasteiger charge is 2.33. The van der Waals surface area contributed by atoms with Gasteiger partial charge in [-0.2, -0.15) is 0 Å². The standard InChI is InChI=1S/C21H28N6O2/c1-13-10-14(2)24-21(23-13)26-18-11-15(3)22-19(25-18)17-4-7-27(12-17)20(28)16-5-8-29-9-6-16/h10-11,16-17H,4-9,12H2,1-3H3,(H,22,23,24,25,26)/t17-/m0/s1. The molecule has 29 heavy (non-hydrogen) atoms. The van der Waals surface area contributed by atoms with Crippen LogP contribution in [0.25, 0.3) is 0 Å². The smallest absolute Gasteiger partial charge is 0.228 e. The van der Waals surface area contributed by atoms with E-state index in [0.29, 0.717) is 31.5 Å². The largest absolute Gasteiger partial charge is 0.381 e. The van der Waals surface area contributed by atoms with Crippen molar-refractivity contribution in [2.75, 3.05) is 31.6 Å². The van der Waals surface area contributed by atoms with Gasteiger partial charge in [0, 0.05) is 61.3 Å². The molecule has 2 aromatic rings. The predicted octanol–water partition coefficient (Wildman–Crippen LogP) is 2.68. The van der Waals surface area contributed by atoms with Crippen molar-refractivity contribution in [3.63, 3.8) is 0 Å². The Morgan fingerprint density at radius 1 is 1.00 bits per heavy atom. The summed E-state index contributed by atoms with van der Waals surface area (Å²) in [5, 5.41) is 3.21. The molecule has 2 aliphatic rings. The van der Waals surface area contributed by atoms with Crippen molar-refractivity contribution < 1.29 is 9.53 Å². The molecule has 2 aromatic heterocycles. The lowest BCUT2D eigenvalue weighted by atomic mass is 9.99. The van der Waals surface area contributed by atoms with Crippen LogP contribution >= 0.6 is 0 Å². The Labute approximate surface area is 171 Å². The molecule has 0 bridgehead atoms. The van der Waals surface area contributed by atoms with Crippen molar-refractivity contribution in [2.45, 2.75) is 46.0 Å². The molecule has 8 nitrogen and oxygen atoms in total. The SMILES string of the molecule is Cc1cc(C)nc(Nc2cc(C)nc([C@H]3CCN(C(=O)C4CCOCC4)C3)n2)n1. The van der Waals surface area contributed by atoms with Crippen LogP contribution in [0.1, 0.15) is 48.1 Å². The van der Waals surface area contributed by atoms with E-state index in [1.165, 1.54) is 0 Å². The third-order valence-electron chi connectivity index (χ3n) is 5.53. The van der Waals surface area contributed by atoms with Gasteiger partial charge in [0.15, 0.2) is 0 Å². The number of anilines is 2. The molecule has 4 rings (SSSR count). The lowest BCUT2D eigenvalue weighted by Crippen LogP contribution is -2.37. The number of nitrogens with one attached hydrogen (secondary N) is 1. The van der Waals surface area contributed by atoms with Gasteiger partial charge in [-0.15, -0.1) is 0 Å². The lowest BCUT2D eigenvalue weighted by Gasteiger charge is -2.26. The highest BCUT2D eigenvalue weighted by atomic mass is 16.5. The minimum atomic E-state index is 0.0971. The average molecular weight is 396 g/mol. The summed E-state index contributed by atoms with van der Waals surface area (Å²) in [6.07, 6.45) is 2.54. The fourth-order valence-electron chi connectivity index (χ4n) is 4.11. The van der Waals surface area contributed by atoms with Gasteiger partial charge in [-0.05, 0) is 46.1 Å². The number of rotatable bonds is 4. The van der Waals surface area contributed by atoms with Crippen LogP contribution in [-0.2, 0) is 9.53 Å². The van der Waals surface area contributed by atoms with Crippen LogP contribution in [0.2, 0.25) is 0 Å². The number of hydrogen-bond donors (Lipinski definition) is 1. The number of amides is 1. The van der Waals surface area contributed by atoms with Gasteiger partial charge in [-0.1, -0.05) is 0 Å². The van der Waals surface area contributed by atoms with Crippen LogP contribution in [0.3, 0.4) is 0 Å². The van der Waals surface area contributed by atoms with E-state index in [0.717, 1.165) is 48.7 Å². The molecule has 154 valence electrons. The molecular weight excluding hydrogens is 368 g/mol. The van der Waals surface area contributed by atoms with Gasteiger partial charge in [-0.3, -0.25) is 4.79 Å². The molecule has 2 saturated heterocycles. The number of aryl methyl sites for hydroxylation is 3. The van der Waals surface area contributed by atoms with Crippen molar-refractivity contribution in [1.82, 2.24) is 24.8 Å². The maximum absolute atomic E-state index is 12.8. The van der Waals surface area contributed by atoms with Gasteiger partial charge in [0.25, 0.3) is 0 Å². The molecular formula is C21H28N6O2. The van der Waals surface area contributed by atoms with Gasteiger partial charge in [0.2, 0.25) is 11.9 Å². The van der Waals surface area contributed by atoms with Gasteiger partial charge in [0.05, 0.1) is 0 Å². The number of nitrogens with zero attached hydrogens (tertiary/aromatic N) is 5. The Hall–Kier alpha value is -2.61. The summed E-state index contributed by atoms with van der Waals surface area (Å²) in [4.78, 5) is 33.0. The third-order valence-corrected chi connectivity index (χ3v) is 5.53. The molecule has 0 aliphatic carbocycles. The van der Waals surface area contributed by atoms with Crippen molar-refractivity contribution in [3.8, 4) is 0 Å². The Morgan fingerprint density at radius 2 is 1.69 bits per heavy atom. The Morgan fingerprint density at radius 3 is 2.41 bits per heavy atom. The minimum absolute atomic E-state index is 0.0971. The van der Waals surface area contributed by atoms with Crippen LogP contribution in [0, 0.1) is 26.7 Å². The second-order valence-corrected chi connectivity index (χ2v) is 8.01. The normalized spacial score (nSPS) is 20.1. The number of hydrogen-bond acceptors (Lipinski definition) is 7. The molecule has 2 aliphatic heterocycles. The van der Waals surface area contributed by atoms with Gasteiger partial charge >= 0.3 is 0 Å². The lowest BCUT2D eigenvalue weighted by molar-refractivity contribution is -0.137. The summed E-state index contributed by atoms with van der Waals surface area (Å²) in [6.45, 7) is 8.66. The van der Waals surface area contributed by atoms with Crippen molar-refractivity contribution >= 4 is 17.7 Å². The summed E-state index contributed by atoms with van der Waals surface area (Å²) in [5.41, 5.74) is 2.70. The van der Waals surface area contributed by atoms with Crippen LogP contribution in [0.15, 0.2) is 12.1 Å². The Balaban J connectivity index is 1.47. The van der Waals surface area contributed by atoms with Crippen LogP contribution in [0.4, 0.5) is 11.8 Å². The summed E-state index contributed by atoms with van der Waals surface area (Å²) >= 11 is 0. The van der Waals surface area contributed by atoms with Gasteiger partial charge in [-0.25, -0.2) is 19.9 Å². The maximum Gasteiger partial charge on any atom is 0.228 e. The molecule has 0 saturated carbocycles. The van der Waals surface area contributed by atoms with E-state index < -0.39 is 0 Å². The van der Waals surface area contributed by atoms with E-state index in [4.69, 9.17) is 9.72 Å². The average Bonchev–Trinajstić information content (AvgIpc) is 3.17.